The van der Waals surface area contributed by atoms with E-state index in [0.29, 0.717) is 23.3 Å². The third-order valence-electron chi connectivity index (χ3n) is 4.88. The van der Waals surface area contributed by atoms with Crippen LogP contribution in [0, 0.1) is 0 Å². The van der Waals surface area contributed by atoms with Crippen LogP contribution in [-0.2, 0) is 6.54 Å². The van der Waals surface area contributed by atoms with Crippen LogP contribution in [-0.4, -0.2) is 36.7 Å². The van der Waals surface area contributed by atoms with E-state index in [1.54, 1.807) is 19.4 Å². The second-order valence-corrected chi connectivity index (χ2v) is 6.97. The molecule has 0 spiro atoms. The number of H-pyrrole nitrogens is 1. The van der Waals surface area contributed by atoms with Gasteiger partial charge < -0.3 is 14.5 Å². The van der Waals surface area contributed by atoms with Gasteiger partial charge in [-0.15, -0.1) is 0 Å². The lowest BCUT2D eigenvalue weighted by Crippen LogP contribution is -2.32. The van der Waals surface area contributed by atoms with E-state index in [1.807, 2.05) is 25.1 Å². The molecular formula is C20H25ClN2O3. The van der Waals surface area contributed by atoms with Gasteiger partial charge in [-0.25, -0.2) is 0 Å². The zero-order chi connectivity index (χ0) is 18.5. The summed E-state index contributed by atoms with van der Waals surface area (Å²) >= 11 is 6.44. The van der Waals surface area contributed by atoms with Crippen molar-refractivity contribution in [2.75, 3.05) is 26.8 Å². The fourth-order valence-corrected chi connectivity index (χ4v) is 3.72. The number of aromatic nitrogens is 1. The zero-order valence-electron chi connectivity index (χ0n) is 15.3. The number of hydrogen-bond donors (Lipinski definition) is 1. The number of methoxy groups -OCH3 is 1. The van der Waals surface area contributed by atoms with Gasteiger partial charge in [0.15, 0.2) is 11.5 Å². The van der Waals surface area contributed by atoms with Crippen molar-refractivity contribution in [2.24, 2.45) is 0 Å². The third-order valence-corrected chi connectivity index (χ3v) is 5.24. The van der Waals surface area contributed by atoms with Crippen molar-refractivity contribution < 1.29 is 9.47 Å². The van der Waals surface area contributed by atoms with E-state index in [1.165, 1.54) is 0 Å². The molecule has 2 aromatic rings. The van der Waals surface area contributed by atoms with Gasteiger partial charge in [0, 0.05) is 29.9 Å². The molecule has 0 saturated carbocycles. The zero-order valence-corrected chi connectivity index (χ0v) is 16.0. The average Bonchev–Trinajstić information content (AvgIpc) is 2.65. The van der Waals surface area contributed by atoms with Crippen molar-refractivity contribution >= 4 is 11.6 Å². The first-order valence-electron chi connectivity index (χ1n) is 9.01. The van der Waals surface area contributed by atoms with Crippen LogP contribution >= 0.6 is 11.6 Å². The largest absolute Gasteiger partial charge is 0.493 e. The van der Waals surface area contributed by atoms with Crippen LogP contribution in [0.3, 0.4) is 0 Å². The van der Waals surface area contributed by atoms with Gasteiger partial charge in [-0.2, -0.15) is 0 Å². The predicted molar refractivity (Wildman–Crippen MR) is 103 cm³/mol. The molecule has 0 amide bonds. The average molecular weight is 377 g/mol. The Morgan fingerprint density at radius 3 is 2.65 bits per heavy atom. The second-order valence-electron chi connectivity index (χ2n) is 6.56. The quantitative estimate of drug-likeness (QED) is 0.832. The number of ether oxygens (including phenoxy) is 2. The molecule has 3 rings (SSSR count). The molecule has 0 atom stereocenters. The first kappa shape index (κ1) is 18.8. The summed E-state index contributed by atoms with van der Waals surface area (Å²) < 4.78 is 11.0. The van der Waals surface area contributed by atoms with Crippen LogP contribution in [0.15, 0.2) is 35.3 Å². The Morgan fingerprint density at radius 1 is 1.23 bits per heavy atom. The van der Waals surface area contributed by atoms with Gasteiger partial charge in [-0.3, -0.25) is 9.69 Å². The minimum Gasteiger partial charge on any atom is -0.493 e. The molecule has 1 aromatic heterocycles. The van der Waals surface area contributed by atoms with Gasteiger partial charge >= 0.3 is 0 Å². The number of benzene rings is 1. The maximum atomic E-state index is 11.5. The fourth-order valence-electron chi connectivity index (χ4n) is 3.51. The maximum absolute atomic E-state index is 11.5. The number of hydrogen-bond acceptors (Lipinski definition) is 4. The number of pyridine rings is 1. The molecule has 2 heterocycles. The first-order chi connectivity index (χ1) is 12.6. The molecule has 1 N–H and O–H groups in total. The number of aromatic amines is 1. The Bertz CT molecular complexity index is 798. The van der Waals surface area contributed by atoms with E-state index < -0.39 is 0 Å². The van der Waals surface area contributed by atoms with Crippen LogP contribution < -0.4 is 15.0 Å². The minimum atomic E-state index is -0.0293. The van der Waals surface area contributed by atoms with Crippen molar-refractivity contribution in [1.82, 2.24) is 9.88 Å². The number of halogens is 1. The Morgan fingerprint density at radius 2 is 2.00 bits per heavy atom. The van der Waals surface area contributed by atoms with Gasteiger partial charge in [-0.05, 0) is 62.0 Å². The summed E-state index contributed by atoms with van der Waals surface area (Å²) in [5, 5.41) is 0.696. The molecule has 26 heavy (non-hydrogen) atoms. The summed E-state index contributed by atoms with van der Waals surface area (Å²) in [6, 6.07) is 7.53. The van der Waals surface area contributed by atoms with Gasteiger partial charge in [0.1, 0.15) is 0 Å². The molecule has 5 nitrogen and oxygen atoms in total. The lowest BCUT2D eigenvalue weighted by atomic mass is 9.90. The highest BCUT2D eigenvalue weighted by atomic mass is 35.5. The van der Waals surface area contributed by atoms with Crippen molar-refractivity contribution in [3.05, 3.63) is 57.0 Å². The van der Waals surface area contributed by atoms with Crippen molar-refractivity contribution in [3.63, 3.8) is 0 Å². The molecule has 140 valence electrons. The molecular weight excluding hydrogens is 352 g/mol. The van der Waals surface area contributed by atoms with Crippen molar-refractivity contribution in [1.29, 1.82) is 0 Å². The number of likely N-dealkylation sites (tertiary alicyclic amines) is 1. The lowest BCUT2D eigenvalue weighted by Gasteiger charge is -2.32. The van der Waals surface area contributed by atoms with Crippen LogP contribution in [0.25, 0.3) is 0 Å². The maximum Gasteiger partial charge on any atom is 0.248 e. The fraction of sp³-hybridized carbons (Fsp3) is 0.450. The molecule has 0 unspecified atom stereocenters. The molecule has 0 radical (unpaired) electrons. The summed E-state index contributed by atoms with van der Waals surface area (Å²) in [6.07, 6.45) is 3.81. The highest BCUT2D eigenvalue weighted by Gasteiger charge is 2.22. The summed E-state index contributed by atoms with van der Waals surface area (Å²) in [5.41, 5.74) is 2.15. The normalized spacial score (nSPS) is 15.8. The van der Waals surface area contributed by atoms with Gasteiger partial charge in [0.25, 0.3) is 0 Å². The summed E-state index contributed by atoms with van der Waals surface area (Å²) in [7, 11) is 1.62. The molecule has 0 aliphatic carbocycles. The molecule has 0 bridgehead atoms. The standard InChI is InChI=1S/C20H25ClN2O3/c1-3-26-19-10-16(17(21)12-18(19)25-2)13-23-8-5-14(6-9-23)15-4-7-22-20(24)11-15/h4,7,10-12,14H,3,5-6,8-9,13H2,1-2H3,(H,22,24). The van der Waals surface area contributed by atoms with E-state index in [2.05, 4.69) is 9.88 Å². The van der Waals surface area contributed by atoms with E-state index in [0.717, 1.165) is 49.4 Å². The Balaban J connectivity index is 1.66. The molecule has 1 saturated heterocycles. The van der Waals surface area contributed by atoms with Crippen LogP contribution in [0.1, 0.15) is 36.8 Å². The topological polar surface area (TPSA) is 54.6 Å². The molecule has 6 heteroatoms. The van der Waals surface area contributed by atoms with Gasteiger partial charge in [0.05, 0.1) is 13.7 Å². The monoisotopic (exact) mass is 376 g/mol. The number of piperidine rings is 1. The van der Waals surface area contributed by atoms with E-state index in [-0.39, 0.29) is 5.56 Å². The number of nitrogens with one attached hydrogen (secondary N) is 1. The minimum absolute atomic E-state index is 0.0293. The second kappa shape index (κ2) is 8.60. The van der Waals surface area contributed by atoms with Crippen LogP contribution in [0.2, 0.25) is 5.02 Å². The van der Waals surface area contributed by atoms with Crippen molar-refractivity contribution in [3.8, 4) is 11.5 Å². The third kappa shape index (κ3) is 4.40. The molecule has 1 aliphatic rings. The Labute approximate surface area is 158 Å². The highest BCUT2D eigenvalue weighted by molar-refractivity contribution is 6.31. The molecule has 1 fully saturated rings. The van der Waals surface area contributed by atoms with E-state index >= 15 is 0 Å². The van der Waals surface area contributed by atoms with Gasteiger partial charge in [-0.1, -0.05) is 11.6 Å². The van der Waals surface area contributed by atoms with Crippen LogP contribution in [0.4, 0.5) is 0 Å². The molecule has 1 aliphatic heterocycles. The number of nitrogens with zero attached hydrogens (tertiary/aromatic N) is 1. The van der Waals surface area contributed by atoms with Crippen LogP contribution in [0.5, 0.6) is 11.5 Å². The van der Waals surface area contributed by atoms with Crippen molar-refractivity contribution in [2.45, 2.75) is 32.2 Å². The van der Waals surface area contributed by atoms with Gasteiger partial charge in [0.2, 0.25) is 5.56 Å². The van der Waals surface area contributed by atoms with E-state index in [9.17, 15) is 4.79 Å². The smallest absolute Gasteiger partial charge is 0.248 e. The Hall–Kier alpha value is -1.98. The Kier molecular flexibility index (Phi) is 6.22. The molecule has 1 aromatic carbocycles. The summed E-state index contributed by atoms with van der Waals surface area (Å²) in [5.74, 6) is 1.83. The van der Waals surface area contributed by atoms with E-state index in [4.69, 9.17) is 21.1 Å². The summed E-state index contributed by atoms with van der Waals surface area (Å²) in [6.45, 7) is 5.27. The highest BCUT2D eigenvalue weighted by Crippen LogP contribution is 2.35. The lowest BCUT2D eigenvalue weighted by molar-refractivity contribution is 0.204. The number of rotatable bonds is 6. The predicted octanol–water partition coefficient (Wildman–Crippen LogP) is 3.82. The summed E-state index contributed by atoms with van der Waals surface area (Å²) in [4.78, 5) is 16.6. The first-order valence-corrected chi connectivity index (χ1v) is 9.38. The SMILES string of the molecule is CCOc1cc(CN2CCC(c3cc[nH]c(=O)c3)CC2)c(Cl)cc1OC.